The molecule has 0 saturated heterocycles. The van der Waals surface area contributed by atoms with Gasteiger partial charge in [0.1, 0.15) is 6.10 Å². The number of nitrogens with one attached hydrogen (secondary N) is 1. The van der Waals surface area contributed by atoms with Gasteiger partial charge in [-0.05, 0) is 13.8 Å². The van der Waals surface area contributed by atoms with Crippen molar-refractivity contribution in [3.05, 3.63) is 0 Å². The summed E-state index contributed by atoms with van der Waals surface area (Å²) in [5.41, 5.74) is 5.62. The summed E-state index contributed by atoms with van der Waals surface area (Å²) in [6.07, 6.45) is -0.0347. The zero-order chi connectivity index (χ0) is 11.0. The monoisotopic (exact) mass is 203 g/mol. The summed E-state index contributed by atoms with van der Waals surface area (Å²) in [4.78, 5) is 4.13. The third kappa shape index (κ3) is 6.68. The smallest absolute Gasteiger partial charge is 0.188 e. The molecule has 14 heavy (non-hydrogen) atoms. The molecule has 0 amide bonds. The van der Waals surface area contributed by atoms with Crippen LogP contribution < -0.4 is 11.1 Å². The highest BCUT2D eigenvalue weighted by Gasteiger charge is 2.05. The van der Waals surface area contributed by atoms with E-state index in [9.17, 15) is 0 Å². The van der Waals surface area contributed by atoms with E-state index in [0.717, 1.165) is 0 Å². The highest BCUT2D eigenvalue weighted by molar-refractivity contribution is 5.78. The normalized spacial score (nSPS) is 14.5. The minimum Gasteiger partial charge on any atom is -0.382 e. The van der Waals surface area contributed by atoms with Crippen molar-refractivity contribution in [1.82, 2.24) is 5.32 Å². The molecule has 0 saturated carbocycles. The Morgan fingerprint density at radius 1 is 1.43 bits per heavy atom. The average Bonchev–Trinajstić information content (AvgIpc) is 2.11. The van der Waals surface area contributed by atoms with Gasteiger partial charge in [0.25, 0.3) is 0 Å². The summed E-state index contributed by atoms with van der Waals surface area (Å²) in [6.45, 7) is 5.04. The van der Waals surface area contributed by atoms with E-state index in [1.54, 1.807) is 14.2 Å². The van der Waals surface area contributed by atoms with Crippen LogP contribution in [0.4, 0.5) is 0 Å². The molecule has 0 aromatic heterocycles. The van der Waals surface area contributed by atoms with E-state index in [1.807, 2.05) is 13.8 Å². The van der Waals surface area contributed by atoms with E-state index in [2.05, 4.69) is 10.3 Å². The number of ether oxygens (including phenoxy) is 2. The molecule has 0 aromatic rings. The Bertz CT molecular complexity index is 171. The van der Waals surface area contributed by atoms with Crippen LogP contribution in [0.15, 0.2) is 4.99 Å². The molecule has 3 N–H and O–H groups in total. The zero-order valence-corrected chi connectivity index (χ0v) is 9.41. The fourth-order valence-corrected chi connectivity index (χ4v) is 0.923. The Labute approximate surface area is 85.7 Å². The second-order valence-corrected chi connectivity index (χ2v) is 3.34. The third-order valence-electron chi connectivity index (χ3n) is 1.59. The highest BCUT2D eigenvalue weighted by Crippen LogP contribution is 1.91. The second kappa shape index (κ2) is 7.58. The number of nitrogens with zero attached hydrogens (tertiary/aromatic N) is 1. The maximum absolute atomic E-state index is 5.62. The average molecular weight is 203 g/mol. The minimum absolute atomic E-state index is 0.0347. The predicted molar refractivity (Wildman–Crippen MR) is 57.4 cm³/mol. The molecule has 0 rings (SSSR count). The summed E-state index contributed by atoms with van der Waals surface area (Å²) < 4.78 is 10.1. The van der Waals surface area contributed by atoms with Crippen LogP contribution in [-0.4, -0.2) is 45.5 Å². The van der Waals surface area contributed by atoms with E-state index in [0.29, 0.717) is 25.2 Å². The van der Waals surface area contributed by atoms with E-state index in [-0.39, 0.29) is 6.10 Å². The highest BCUT2D eigenvalue weighted by atomic mass is 16.5. The Balaban J connectivity index is 3.85. The molecule has 1 atom stereocenters. The quantitative estimate of drug-likeness (QED) is 0.469. The maximum Gasteiger partial charge on any atom is 0.188 e. The van der Waals surface area contributed by atoms with Crippen molar-refractivity contribution in [2.24, 2.45) is 10.7 Å². The van der Waals surface area contributed by atoms with Gasteiger partial charge in [0.15, 0.2) is 5.96 Å². The largest absolute Gasteiger partial charge is 0.382 e. The molecule has 5 heteroatoms. The molecule has 0 aliphatic heterocycles. The Morgan fingerprint density at radius 2 is 2.07 bits per heavy atom. The van der Waals surface area contributed by atoms with Gasteiger partial charge in [-0.25, -0.2) is 0 Å². The summed E-state index contributed by atoms with van der Waals surface area (Å²) in [6, 6.07) is 0.294. The molecule has 1 unspecified atom stereocenters. The van der Waals surface area contributed by atoms with Crippen molar-refractivity contribution in [2.45, 2.75) is 26.0 Å². The molecule has 0 aliphatic carbocycles. The SMILES string of the molecule is COCC(CN=C(N)NC(C)C)OC. The molecule has 0 radical (unpaired) electrons. The first-order valence-corrected chi connectivity index (χ1v) is 4.68. The molecular formula is C9H21N3O2. The van der Waals surface area contributed by atoms with Gasteiger partial charge >= 0.3 is 0 Å². The molecule has 0 heterocycles. The van der Waals surface area contributed by atoms with Crippen molar-refractivity contribution in [3.63, 3.8) is 0 Å². The van der Waals surface area contributed by atoms with Gasteiger partial charge in [-0.2, -0.15) is 0 Å². The fourth-order valence-electron chi connectivity index (χ4n) is 0.923. The third-order valence-corrected chi connectivity index (χ3v) is 1.59. The number of nitrogens with two attached hydrogens (primary N) is 1. The first-order valence-electron chi connectivity index (χ1n) is 4.68. The number of aliphatic imine (C=N–C) groups is 1. The standard InChI is InChI=1S/C9H21N3O2/c1-7(2)12-9(10)11-5-8(14-4)6-13-3/h7-8H,5-6H2,1-4H3,(H3,10,11,12). The lowest BCUT2D eigenvalue weighted by Gasteiger charge is -2.13. The number of hydrogen-bond acceptors (Lipinski definition) is 3. The van der Waals surface area contributed by atoms with Gasteiger partial charge < -0.3 is 20.5 Å². The van der Waals surface area contributed by atoms with Crippen LogP contribution in [0.2, 0.25) is 0 Å². The number of guanidine groups is 1. The van der Waals surface area contributed by atoms with Crippen molar-refractivity contribution in [3.8, 4) is 0 Å². The molecule has 0 fully saturated rings. The summed E-state index contributed by atoms with van der Waals surface area (Å²) in [5.74, 6) is 0.443. The van der Waals surface area contributed by atoms with Crippen LogP contribution >= 0.6 is 0 Å². The van der Waals surface area contributed by atoms with Crippen LogP contribution in [0.1, 0.15) is 13.8 Å². The minimum atomic E-state index is -0.0347. The van der Waals surface area contributed by atoms with Gasteiger partial charge in [-0.15, -0.1) is 0 Å². The predicted octanol–water partition coefficient (Wildman–Crippen LogP) is -0.0395. The van der Waals surface area contributed by atoms with Gasteiger partial charge in [0, 0.05) is 20.3 Å². The van der Waals surface area contributed by atoms with Crippen LogP contribution in [0.5, 0.6) is 0 Å². The summed E-state index contributed by atoms with van der Waals surface area (Å²) >= 11 is 0. The molecule has 0 bridgehead atoms. The maximum atomic E-state index is 5.62. The fraction of sp³-hybridized carbons (Fsp3) is 0.889. The summed E-state index contributed by atoms with van der Waals surface area (Å²) in [7, 11) is 3.26. The van der Waals surface area contributed by atoms with Crippen LogP contribution in [0.25, 0.3) is 0 Å². The first kappa shape index (κ1) is 13.2. The van der Waals surface area contributed by atoms with Gasteiger partial charge in [0.05, 0.1) is 13.2 Å². The van der Waals surface area contributed by atoms with Gasteiger partial charge in [0.2, 0.25) is 0 Å². The topological polar surface area (TPSA) is 68.9 Å². The number of methoxy groups -OCH3 is 2. The molecule has 0 aliphatic rings. The molecule has 0 spiro atoms. The molecule has 84 valence electrons. The first-order chi connectivity index (χ1) is 6.60. The van der Waals surface area contributed by atoms with Gasteiger partial charge in [-0.1, -0.05) is 0 Å². The lowest BCUT2D eigenvalue weighted by Crippen LogP contribution is -2.37. The lowest BCUT2D eigenvalue weighted by atomic mass is 10.4. The van der Waals surface area contributed by atoms with E-state index < -0.39 is 0 Å². The van der Waals surface area contributed by atoms with Crippen LogP contribution in [-0.2, 0) is 9.47 Å². The van der Waals surface area contributed by atoms with Crippen LogP contribution in [0, 0.1) is 0 Å². The Kier molecular flexibility index (Phi) is 7.14. The van der Waals surface area contributed by atoms with Crippen molar-refractivity contribution in [1.29, 1.82) is 0 Å². The molecular weight excluding hydrogens is 182 g/mol. The van der Waals surface area contributed by atoms with E-state index >= 15 is 0 Å². The molecule has 0 aromatic carbocycles. The van der Waals surface area contributed by atoms with E-state index in [4.69, 9.17) is 15.2 Å². The van der Waals surface area contributed by atoms with Crippen molar-refractivity contribution in [2.75, 3.05) is 27.4 Å². The zero-order valence-electron chi connectivity index (χ0n) is 9.41. The molecule has 5 nitrogen and oxygen atoms in total. The Hall–Kier alpha value is -0.810. The second-order valence-electron chi connectivity index (χ2n) is 3.34. The van der Waals surface area contributed by atoms with Crippen molar-refractivity contribution >= 4 is 5.96 Å². The van der Waals surface area contributed by atoms with Crippen LogP contribution in [0.3, 0.4) is 0 Å². The van der Waals surface area contributed by atoms with E-state index in [1.165, 1.54) is 0 Å². The van der Waals surface area contributed by atoms with Crippen molar-refractivity contribution < 1.29 is 9.47 Å². The number of rotatable bonds is 6. The summed E-state index contributed by atoms with van der Waals surface area (Å²) in [5, 5.41) is 3.00. The van der Waals surface area contributed by atoms with Gasteiger partial charge in [-0.3, -0.25) is 4.99 Å². The Morgan fingerprint density at radius 3 is 2.50 bits per heavy atom. The number of hydrogen-bond donors (Lipinski definition) is 2. The lowest BCUT2D eigenvalue weighted by molar-refractivity contribution is 0.0343.